The number of methoxy groups -OCH3 is 1. The van der Waals surface area contributed by atoms with Gasteiger partial charge in [0.25, 0.3) is 11.8 Å². The molecule has 0 aromatic heterocycles. The van der Waals surface area contributed by atoms with Crippen LogP contribution in [0.15, 0.2) is 71.2 Å². The minimum Gasteiger partial charge on any atom is -0.495 e. The molecular weight excluding hydrogens is 532 g/mol. The number of ether oxygens (including phenoxy) is 1. The van der Waals surface area contributed by atoms with E-state index in [1.807, 2.05) is 56.3 Å². The Morgan fingerprint density at radius 2 is 1.57 bits per heavy atom. The molecule has 1 saturated heterocycles. The van der Waals surface area contributed by atoms with Gasteiger partial charge in [-0.2, -0.15) is 0 Å². The second-order valence-electron chi connectivity index (χ2n) is 9.12. The van der Waals surface area contributed by atoms with Gasteiger partial charge >= 0.3 is 0 Å². The second-order valence-corrected chi connectivity index (χ2v) is 10.0. The minimum absolute atomic E-state index is 0.0451. The van der Waals surface area contributed by atoms with Gasteiger partial charge in [0.15, 0.2) is 0 Å². The summed E-state index contributed by atoms with van der Waals surface area (Å²) < 4.78 is 6.45. The highest BCUT2D eigenvalue weighted by Crippen LogP contribution is 2.31. The normalized spacial score (nSPS) is 14.2. The van der Waals surface area contributed by atoms with E-state index in [1.54, 1.807) is 25.3 Å². The fraction of sp³-hybridized carbons (Fsp3) is 0.310. The van der Waals surface area contributed by atoms with Crippen molar-refractivity contribution in [2.45, 2.75) is 26.3 Å². The van der Waals surface area contributed by atoms with E-state index in [0.29, 0.717) is 16.8 Å². The number of nitrogens with one attached hydrogen (secondary N) is 2. The highest BCUT2D eigenvalue weighted by atomic mass is 79.9. The van der Waals surface area contributed by atoms with Crippen LogP contribution in [0.5, 0.6) is 5.75 Å². The molecule has 1 unspecified atom stereocenters. The van der Waals surface area contributed by atoms with E-state index >= 15 is 0 Å². The number of carbonyl (C=O) groups excluding carboxylic acids is 2. The van der Waals surface area contributed by atoms with E-state index in [-0.39, 0.29) is 17.9 Å². The first-order valence-electron chi connectivity index (χ1n) is 12.5. The summed E-state index contributed by atoms with van der Waals surface area (Å²) in [5.41, 5.74) is 3.62. The fourth-order valence-corrected chi connectivity index (χ4v) is 4.62. The van der Waals surface area contributed by atoms with Crippen LogP contribution in [0.25, 0.3) is 0 Å². The molecule has 1 fully saturated rings. The van der Waals surface area contributed by atoms with Gasteiger partial charge in [0.1, 0.15) is 5.75 Å². The van der Waals surface area contributed by atoms with Crippen molar-refractivity contribution in [2.24, 2.45) is 0 Å². The van der Waals surface area contributed by atoms with E-state index in [1.165, 1.54) is 0 Å². The standard InChI is InChI=1S/C29H33BrN4O3/c1-4-20(2)31-29(36)24-19-23(32-28(35)21-9-11-22(30)12-10-21)13-14-25(24)33-15-17-34(18-16-33)26-7-5-6-8-27(26)37-3/h5-14,19-20H,4,15-18H2,1-3H3,(H,31,36)(H,32,35). The van der Waals surface area contributed by atoms with Gasteiger partial charge in [-0.3, -0.25) is 9.59 Å². The lowest BCUT2D eigenvalue weighted by Crippen LogP contribution is -2.47. The summed E-state index contributed by atoms with van der Waals surface area (Å²) in [6.45, 7) is 7.14. The zero-order valence-electron chi connectivity index (χ0n) is 21.5. The predicted molar refractivity (Wildman–Crippen MR) is 153 cm³/mol. The number of carbonyl (C=O) groups is 2. The van der Waals surface area contributed by atoms with Crippen molar-refractivity contribution in [1.29, 1.82) is 0 Å². The zero-order valence-corrected chi connectivity index (χ0v) is 23.0. The monoisotopic (exact) mass is 564 g/mol. The van der Waals surface area contributed by atoms with E-state index in [0.717, 1.165) is 54.2 Å². The summed E-state index contributed by atoms with van der Waals surface area (Å²) in [6, 6.07) is 20.8. The lowest BCUT2D eigenvalue weighted by molar-refractivity contribution is 0.0938. The minimum atomic E-state index is -0.223. The van der Waals surface area contributed by atoms with Crippen LogP contribution in [0.3, 0.4) is 0 Å². The number of amides is 2. The van der Waals surface area contributed by atoms with E-state index in [4.69, 9.17) is 4.74 Å². The predicted octanol–water partition coefficient (Wildman–Crippen LogP) is 5.56. The smallest absolute Gasteiger partial charge is 0.255 e. The molecule has 1 aliphatic heterocycles. The van der Waals surface area contributed by atoms with Gasteiger partial charge in [-0.25, -0.2) is 0 Å². The van der Waals surface area contributed by atoms with Gasteiger partial charge in [0, 0.05) is 53.6 Å². The Labute approximate surface area is 226 Å². The van der Waals surface area contributed by atoms with Crippen LogP contribution in [0, 0.1) is 0 Å². The molecular formula is C29H33BrN4O3. The molecule has 8 heteroatoms. The maximum atomic E-state index is 13.3. The Kier molecular flexibility index (Phi) is 8.71. The third kappa shape index (κ3) is 6.43. The van der Waals surface area contributed by atoms with Crippen LogP contribution in [0.2, 0.25) is 0 Å². The number of nitrogens with zero attached hydrogens (tertiary/aromatic N) is 2. The number of hydrogen-bond donors (Lipinski definition) is 2. The molecule has 4 rings (SSSR count). The molecule has 194 valence electrons. The second kappa shape index (κ2) is 12.1. The van der Waals surface area contributed by atoms with Crippen LogP contribution in [0.4, 0.5) is 17.1 Å². The van der Waals surface area contributed by atoms with Crippen molar-refractivity contribution in [2.75, 3.05) is 48.4 Å². The lowest BCUT2D eigenvalue weighted by Gasteiger charge is -2.38. The highest BCUT2D eigenvalue weighted by molar-refractivity contribution is 9.10. The highest BCUT2D eigenvalue weighted by Gasteiger charge is 2.24. The van der Waals surface area contributed by atoms with Gasteiger partial charge in [0.2, 0.25) is 0 Å². The van der Waals surface area contributed by atoms with Crippen LogP contribution in [-0.2, 0) is 0 Å². The van der Waals surface area contributed by atoms with E-state index in [9.17, 15) is 9.59 Å². The zero-order chi connectivity index (χ0) is 26.4. The quantitative estimate of drug-likeness (QED) is 0.374. The first-order valence-corrected chi connectivity index (χ1v) is 13.3. The maximum Gasteiger partial charge on any atom is 0.255 e. The molecule has 0 saturated carbocycles. The molecule has 0 aliphatic carbocycles. The van der Waals surface area contributed by atoms with Crippen molar-refractivity contribution >= 4 is 44.8 Å². The number of benzene rings is 3. The van der Waals surface area contributed by atoms with Gasteiger partial charge in [-0.05, 0) is 67.9 Å². The van der Waals surface area contributed by atoms with Crippen LogP contribution in [-0.4, -0.2) is 51.1 Å². The fourth-order valence-electron chi connectivity index (χ4n) is 4.36. The van der Waals surface area contributed by atoms with Gasteiger partial charge in [0.05, 0.1) is 18.4 Å². The number of halogens is 1. The Bertz CT molecular complexity index is 1240. The van der Waals surface area contributed by atoms with E-state index in [2.05, 4.69) is 42.4 Å². The maximum absolute atomic E-state index is 13.3. The van der Waals surface area contributed by atoms with Gasteiger partial charge in [-0.15, -0.1) is 0 Å². The largest absolute Gasteiger partial charge is 0.495 e. The van der Waals surface area contributed by atoms with Crippen LogP contribution in [0.1, 0.15) is 41.0 Å². The number of rotatable bonds is 8. The SMILES string of the molecule is CCC(C)NC(=O)c1cc(NC(=O)c2ccc(Br)cc2)ccc1N1CCN(c2ccccc2OC)CC1. The molecule has 3 aromatic rings. The first-order chi connectivity index (χ1) is 17.9. The summed E-state index contributed by atoms with van der Waals surface area (Å²) in [7, 11) is 1.69. The van der Waals surface area contributed by atoms with Crippen molar-refractivity contribution in [3.05, 3.63) is 82.3 Å². The van der Waals surface area contributed by atoms with Crippen molar-refractivity contribution < 1.29 is 14.3 Å². The van der Waals surface area contributed by atoms with E-state index < -0.39 is 0 Å². The van der Waals surface area contributed by atoms with Gasteiger partial charge < -0.3 is 25.2 Å². The third-order valence-corrected chi connectivity index (χ3v) is 7.17. The molecule has 3 aromatic carbocycles. The molecule has 1 atom stereocenters. The summed E-state index contributed by atoms with van der Waals surface area (Å²) in [6.07, 6.45) is 0.832. The topological polar surface area (TPSA) is 73.9 Å². The lowest BCUT2D eigenvalue weighted by atomic mass is 10.1. The van der Waals surface area contributed by atoms with Crippen molar-refractivity contribution in [1.82, 2.24) is 5.32 Å². The molecule has 1 heterocycles. The Morgan fingerprint density at radius 1 is 0.919 bits per heavy atom. The first kappa shape index (κ1) is 26.5. The number of piperazine rings is 1. The summed E-state index contributed by atoms with van der Waals surface area (Å²) in [5.74, 6) is 0.491. The Hall–Kier alpha value is -3.52. The van der Waals surface area contributed by atoms with Gasteiger partial charge in [-0.1, -0.05) is 35.0 Å². The third-order valence-electron chi connectivity index (χ3n) is 6.64. The molecule has 0 spiro atoms. The molecule has 1 aliphatic rings. The van der Waals surface area contributed by atoms with Crippen molar-refractivity contribution in [3.63, 3.8) is 0 Å². The number of para-hydroxylation sites is 2. The van der Waals surface area contributed by atoms with Crippen molar-refractivity contribution in [3.8, 4) is 5.75 Å². The average Bonchev–Trinajstić information content (AvgIpc) is 2.93. The molecule has 0 bridgehead atoms. The summed E-state index contributed by atoms with van der Waals surface area (Å²) >= 11 is 3.39. The average molecular weight is 566 g/mol. The van der Waals surface area contributed by atoms with Crippen LogP contribution < -0.4 is 25.2 Å². The molecule has 2 amide bonds. The number of anilines is 3. The Morgan fingerprint density at radius 3 is 2.22 bits per heavy atom. The molecule has 37 heavy (non-hydrogen) atoms. The van der Waals surface area contributed by atoms with Crippen LogP contribution >= 0.6 is 15.9 Å². The summed E-state index contributed by atoms with van der Waals surface area (Å²) in [5, 5.41) is 6.02. The molecule has 7 nitrogen and oxygen atoms in total. The Balaban J connectivity index is 1.55. The summed E-state index contributed by atoms with van der Waals surface area (Å²) in [4.78, 5) is 30.6. The molecule has 0 radical (unpaired) electrons. The molecule has 2 N–H and O–H groups in total. The number of hydrogen-bond acceptors (Lipinski definition) is 5.